The summed E-state index contributed by atoms with van der Waals surface area (Å²) in [7, 11) is 5.94. The first-order valence-corrected chi connectivity index (χ1v) is 7.20. The molecule has 1 aromatic carbocycles. The molecule has 0 bridgehead atoms. The van der Waals surface area contributed by atoms with Gasteiger partial charge >= 0.3 is 0 Å². The smallest absolute Gasteiger partial charge is 0.122 e. The average molecular weight is 264 g/mol. The molecule has 1 N–H and O–H groups in total. The lowest BCUT2D eigenvalue weighted by molar-refractivity contribution is 0.329. The molecule has 0 aliphatic heterocycles. The minimum absolute atomic E-state index is 1.01. The molecule has 0 saturated carbocycles. The Kier molecular flexibility index (Phi) is 7.53. The van der Waals surface area contributed by atoms with Gasteiger partial charge in [0.15, 0.2) is 0 Å². The zero-order valence-electron chi connectivity index (χ0n) is 12.8. The summed E-state index contributed by atoms with van der Waals surface area (Å²) >= 11 is 0. The largest absolute Gasteiger partial charge is 0.496 e. The van der Waals surface area contributed by atoms with Gasteiger partial charge in [0.1, 0.15) is 5.75 Å². The van der Waals surface area contributed by atoms with Crippen molar-refractivity contribution in [1.82, 2.24) is 10.2 Å². The van der Waals surface area contributed by atoms with Crippen LogP contribution in [0.5, 0.6) is 5.75 Å². The second kappa shape index (κ2) is 8.94. The molecule has 0 fully saturated rings. The normalized spacial score (nSPS) is 11.0. The maximum atomic E-state index is 5.45. The topological polar surface area (TPSA) is 24.5 Å². The fraction of sp³-hybridized carbons (Fsp3) is 0.625. The molecule has 1 rings (SSSR count). The lowest BCUT2D eigenvalue weighted by atomic mass is 10.0. The van der Waals surface area contributed by atoms with E-state index in [2.05, 4.69) is 42.4 Å². The molecule has 0 heterocycles. The average Bonchev–Trinajstić information content (AvgIpc) is 2.45. The number of methoxy groups -OCH3 is 1. The molecule has 0 atom stereocenters. The lowest BCUT2D eigenvalue weighted by Gasteiger charge is -2.17. The molecule has 0 saturated heterocycles. The van der Waals surface area contributed by atoms with Crippen molar-refractivity contribution in [1.29, 1.82) is 0 Å². The van der Waals surface area contributed by atoms with E-state index in [0.29, 0.717) is 0 Å². The Morgan fingerprint density at radius 3 is 2.68 bits per heavy atom. The molecule has 1 aromatic rings. The van der Waals surface area contributed by atoms with E-state index in [0.717, 1.165) is 38.2 Å². The molecule has 0 aromatic heterocycles. The highest BCUT2D eigenvalue weighted by Crippen LogP contribution is 2.21. The van der Waals surface area contributed by atoms with E-state index in [1.165, 1.54) is 17.5 Å². The fourth-order valence-corrected chi connectivity index (χ4v) is 2.20. The van der Waals surface area contributed by atoms with Crippen LogP contribution in [0.2, 0.25) is 0 Å². The van der Waals surface area contributed by atoms with Crippen molar-refractivity contribution in [2.75, 3.05) is 40.8 Å². The standard InChI is InChI=1S/C16H28N2O/c1-5-14-7-8-16(19-4)15(13-14)9-12-18(3)11-6-10-17-2/h7-8,13,17H,5-6,9-12H2,1-4H3. The summed E-state index contributed by atoms with van der Waals surface area (Å²) in [5.41, 5.74) is 2.70. The summed E-state index contributed by atoms with van der Waals surface area (Å²) in [4.78, 5) is 2.38. The van der Waals surface area contributed by atoms with E-state index < -0.39 is 0 Å². The van der Waals surface area contributed by atoms with Gasteiger partial charge in [0.2, 0.25) is 0 Å². The van der Waals surface area contributed by atoms with Gasteiger partial charge in [-0.15, -0.1) is 0 Å². The summed E-state index contributed by atoms with van der Waals surface area (Å²) in [5.74, 6) is 1.01. The number of ether oxygens (including phenoxy) is 1. The van der Waals surface area contributed by atoms with E-state index in [4.69, 9.17) is 4.74 Å². The number of aryl methyl sites for hydroxylation is 1. The van der Waals surface area contributed by atoms with Crippen LogP contribution >= 0.6 is 0 Å². The van der Waals surface area contributed by atoms with Crippen LogP contribution in [-0.4, -0.2) is 45.7 Å². The first-order chi connectivity index (χ1) is 9.21. The molecule has 3 heteroatoms. The Morgan fingerprint density at radius 2 is 2.05 bits per heavy atom. The summed E-state index contributed by atoms with van der Waals surface area (Å²) < 4.78 is 5.45. The van der Waals surface area contributed by atoms with Crippen molar-refractivity contribution >= 4 is 0 Å². The van der Waals surface area contributed by atoms with Crippen LogP contribution in [-0.2, 0) is 12.8 Å². The van der Waals surface area contributed by atoms with Gasteiger partial charge in [-0.05, 0) is 63.6 Å². The molecule has 19 heavy (non-hydrogen) atoms. The van der Waals surface area contributed by atoms with Gasteiger partial charge in [-0.3, -0.25) is 0 Å². The van der Waals surface area contributed by atoms with Crippen molar-refractivity contribution in [2.45, 2.75) is 26.2 Å². The molecule has 0 aliphatic rings. The Bertz CT molecular complexity index is 366. The third kappa shape index (κ3) is 5.62. The van der Waals surface area contributed by atoms with Crippen molar-refractivity contribution in [3.63, 3.8) is 0 Å². The number of rotatable bonds is 9. The summed E-state index contributed by atoms with van der Waals surface area (Å²) in [5, 5.41) is 3.18. The Balaban J connectivity index is 2.51. The zero-order valence-corrected chi connectivity index (χ0v) is 12.8. The lowest BCUT2D eigenvalue weighted by Crippen LogP contribution is -2.25. The number of nitrogens with zero attached hydrogens (tertiary/aromatic N) is 1. The SMILES string of the molecule is CCc1ccc(OC)c(CCN(C)CCCNC)c1. The van der Waals surface area contributed by atoms with E-state index in [9.17, 15) is 0 Å². The molecule has 0 aliphatic carbocycles. The van der Waals surface area contributed by atoms with Crippen LogP contribution < -0.4 is 10.1 Å². The van der Waals surface area contributed by atoms with Gasteiger partial charge in [-0.2, -0.15) is 0 Å². The molecule has 0 radical (unpaired) electrons. The first-order valence-electron chi connectivity index (χ1n) is 7.20. The second-order valence-electron chi connectivity index (χ2n) is 5.01. The van der Waals surface area contributed by atoms with Crippen LogP contribution in [0.1, 0.15) is 24.5 Å². The molecular weight excluding hydrogens is 236 g/mol. The van der Waals surface area contributed by atoms with Gasteiger partial charge in [0.05, 0.1) is 7.11 Å². The van der Waals surface area contributed by atoms with Crippen LogP contribution in [0.4, 0.5) is 0 Å². The summed E-state index contributed by atoms with van der Waals surface area (Å²) in [6, 6.07) is 6.52. The van der Waals surface area contributed by atoms with E-state index in [-0.39, 0.29) is 0 Å². The van der Waals surface area contributed by atoms with Crippen molar-refractivity contribution in [3.8, 4) is 5.75 Å². The number of likely N-dealkylation sites (N-methyl/N-ethyl adjacent to an activating group) is 1. The number of hydrogen-bond acceptors (Lipinski definition) is 3. The van der Waals surface area contributed by atoms with E-state index in [1.54, 1.807) is 7.11 Å². The molecule has 0 unspecified atom stereocenters. The molecule has 0 spiro atoms. The minimum Gasteiger partial charge on any atom is -0.496 e. The maximum Gasteiger partial charge on any atom is 0.122 e. The second-order valence-corrected chi connectivity index (χ2v) is 5.01. The fourth-order valence-electron chi connectivity index (χ4n) is 2.20. The monoisotopic (exact) mass is 264 g/mol. The quantitative estimate of drug-likeness (QED) is 0.693. The van der Waals surface area contributed by atoms with Gasteiger partial charge in [0.25, 0.3) is 0 Å². The number of hydrogen-bond donors (Lipinski definition) is 1. The van der Waals surface area contributed by atoms with Crippen molar-refractivity contribution in [3.05, 3.63) is 29.3 Å². The zero-order chi connectivity index (χ0) is 14.1. The highest BCUT2D eigenvalue weighted by Gasteiger charge is 2.06. The van der Waals surface area contributed by atoms with Gasteiger partial charge < -0.3 is 15.0 Å². The van der Waals surface area contributed by atoms with Gasteiger partial charge in [0, 0.05) is 6.54 Å². The van der Waals surface area contributed by atoms with Crippen LogP contribution in [0.25, 0.3) is 0 Å². The van der Waals surface area contributed by atoms with Crippen LogP contribution in [0.15, 0.2) is 18.2 Å². The molecular formula is C16H28N2O. The van der Waals surface area contributed by atoms with Gasteiger partial charge in [-0.25, -0.2) is 0 Å². The van der Waals surface area contributed by atoms with Gasteiger partial charge in [-0.1, -0.05) is 19.1 Å². The third-order valence-corrected chi connectivity index (χ3v) is 3.48. The predicted molar refractivity (Wildman–Crippen MR) is 82.1 cm³/mol. The highest BCUT2D eigenvalue weighted by molar-refractivity contribution is 5.37. The summed E-state index contributed by atoms with van der Waals surface area (Å²) in [6.07, 6.45) is 3.32. The number of benzene rings is 1. The van der Waals surface area contributed by atoms with Crippen molar-refractivity contribution < 1.29 is 4.74 Å². The van der Waals surface area contributed by atoms with Crippen LogP contribution in [0, 0.1) is 0 Å². The Hall–Kier alpha value is -1.06. The maximum absolute atomic E-state index is 5.45. The summed E-state index contributed by atoms with van der Waals surface area (Å²) in [6.45, 7) is 5.48. The minimum atomic E-state index is 1.01. The highest BCUT2D eigenvalue weighted by atomic mass is 16.5. The van der Waals surface area contributed by atoms with E-state index in [1.807, 2.05) is 7.05 Å². The predicted octanol–water partition coefficient (Wildman–Crippen LogP) is 2.34. The molecule has 0 amide bonds. The third-order valence-electron chi connectivity index (χ3n) is 3.48. The van der Waals surface area contributed by atoms with Crippen molar-refractivity contribution in [2.24, 2.45) is 0 Å². The first kappa shape index (κ1) is 16.0. The number of nitrogens with one attached hydrogen (secondary N) is 1. The van der Waals surface area contributed by atoms with Crippen LogP contribution in [0.3, 0.4) is 0 Å². The Morgan fingerprint density at radius 1 is 1.26 bits per heavy atom. The molecule has 108 valence electrons. The van der Waals surface area contributed by atoms with E-state index >= 15 is 0 Å². The molecule has 3 nitrogen and oxygen atoms in total. The Labute approximate surface area is 118 Å².